The molecule has 3 heterocycles. The first kappa shape index (κ1) is 34.2. The SMILES string of the molecule is NCCCCCCNC(=O)O[C@@H]1[C@H](O)[C@@H](COP(=O)(O)OP(=O)(O)OP(=O)(O)O)O[C@H]1n1cnc2c(=O)[nH]c(N)nc21. The van der Waals surface area contributed by atoms with Crippen LogP contribution in [0.2, 0.25) is 0 Å². The van der Waals surface area contributed by atoms with Crippen LogP contribution in [0.15, 0.2) is 11.1 Å². The Balaban J connectivity index is 1.77. The van der Waals surface area contributed by atoms with E-state index in [1.165, 1.54) is 0 Å². The number of aromatic nitrogens is 4. The first-order valence-corrected chi connectivity index (χ1v) is 16.5. The summed E-state index contributed by atoms with van der Waals surface area (Å²) in [6.07, 6.45) is -3.30. The number of ether oxygens (including phenoxy) is 2. The fourth-order valence-electron chi connectivity index (χ4n) is 3.79. The van der Waals surface area contributed by atoms with Crippen molar-refractivity contribution in [2.75, 3.05) is 25.4 Å². The fraction of sp³-hybridized carbons (Fsp3) is 0.647. The second kappa shape index (κ2) is 14.0. The maximum atomic E-state index is 12.5. The number of rotatable bonds is 15. The molecular weight excluding hydrogens is 635 g/mol. The number of nitrogen functional groups attached to an aromatic ring is 1. The zero-order chi connectivity index (χ0) is 31.3. The smallest absolute Gasteiger partial charge is 0.439 e. The number of phosphoric acid groups is 3. The highest BCUT2D eigenvalue weighted by atomic mass is 31.3. The van der Waals surface area contributed by atoms with Gasteiger partial charge in [-0.3, -0.25) is 18.9 Å². The van der Waals surface area contributed by atoms with Gasteiger partial charge in [0.15, 0.2) is 23.5 Å². The average Bonchev–Trinajstić information content (AvgIpc) is 3.39. The highest BCUT2D eigenvalue weighted by Crippen LogP contribution is 2.66. The van der Waals surface area contributed by atoms with Crippen LogP contribution in [-0.2, 0) is 36.3 Å². The number of nitrogens with two attached hydrogens (primary N) is 2. The molecule has 1 amide bonds. The molecule has 1 fully saturated rings. The minimum absolute atomic E-state index is 0.143. The predicted molar refractivity (Wildman–Crippen MR) is 138 cm³/mol. The van der Waals surface area contributed by atoms with Gasteiger partial charge in [-0.05, 0) is 19.4 Å². The van der Waals surface area contributed by atoms with Crippen molar-refractivity contribution >= 4 is 46.7 Å². The zero-order valence-electron chi connectivity index (χ0n) is 21.5. The molecule has 0 aromatic carbocycles. The number of imidazole rings is 1. The van der Waals surface area contributed by atoms with Gasteiger partial charge in [-0.15, -0.1) is 0 Å². The first-order valence-electron chi connectivity index (χ1n) is 12.0. The van der Waals surface area contributed by atoms with E-state index in [1.54, 1.807) is 0 Å². The number of hydrogen-bond donors (Lipinski definition) is 9. The predicted octanol–water partition coefficient (Wildman–Crippen LogP) is -1.08. The molecule has 0 radical (unpaired) electrons. The number of aliphatic hydroxyl groups is 1. The second-order valence-electron chi connectivity index (χ2n) is 8.72. The monoisotopic (exact) mass is 665 g/mol. The van der Waals surface area contributed by atoms with Crippen LogP contribution in [-0.4, -0.2) is 88.3 Å². The molecular formula is C17H30N7O15P3. The number of H-pyrrole nitrogens is 1. The lowest BCUT2D eigenvalue weighted by atomic mass is 10.1. The number of phosphoric ester groups is 1. The van der Waals surface area contributed by atoms with E-state index in [0.717, 1.165) is 30.2 Å². The number of aromatic amines is 1. The number of anilines is 1. The summed E-state index contributed by atoms with van der Waals surface area (Å²) < 4.78 is 58.5. The van der Waals surface area contributed by atoms with E-state index >= 15 is 0 Å². The Morgan fingerprint density at radius 1 is 1.12 bits per heavy atom. The van der Waals surface area contributed by atoms with Gasteiger partial charge in [-0.25, -0.2) is 23.5 Å². The molecule has 0 saturated carbocycles. The van der Waals surface area contributed by atoms with Gasteiger partial charge in [-0.2, -0.15) is 13.6 Å². The summed E-state index contributed by atoms with van der Waals surface area (Å²) in [5, 5.41) is 13.4. The third-order valence-corrected chi connectivity index (χ3v) is 9.30. The molecule has 2 aromatic rings. The molecule has 22 nitrogen and oxygen atoms in total. The summed E-state index contributed by atoms with van der Waals surface area (Å²) in [7, 11) is -17.0. The maximum absolute atomic E-state index is 12.5. The third-order valence-electron chi connectivity index (χ3n) is 5.50. The van der Waals surface area contributed by atoms with Crippen LogP contribution in [0.5, 0.6) is 0 Å². The Morgan fingerprint density at radius 2 is 1.81 bits per heavy atom. The van der Waals surface area contributed by atoms with E-state index in [-0.39, 0.29) is 23.7 Å². The average molecular weight is 665 g/mol. The number of alkyl carbamates (subject to hydrolysis) is 1. The van der Waals surface area contributed by atoms with Crippen molar-refractivity contribution in [3.63, 3.8) is 0 Å². The van der Waals surface area contributed by atoms with Crippen molar-refractivity contribution in [3.05, 3.63) is 16.7 Å². The Hall–Kier alpha value is -2.29. The van der Waals surface area contributed by atoms with E-state index < -0.39 is 66.3 Å². The highest BCUT2D eigenvalue weighted by Gasteiger charge is 2.49. The number of nitrogens with one attached hydrogen (secondary N) is 2. The van der Waals surface area contributed by atoms with E-state index in [0.29, 0.717) is 13.0 Å². The summed E-state index contributed by atoms with van der Waals surface area (Å²) in [5.74, 6) is -0.304. The van der Waals surface area contributed by atoms with Crippen molar-refractivity contribution < 1.29 is 65.8 Å². The Kier molecular flexibility index (Phi) is 11.4. The number of carbonyl (C=O) groups is 1. The quantitative estimate of drug-likeness (QED) is 0.0806. The molecule has 1 aliphatic heterocycles. The first-order chi connectivity index (χ1) is 19.5. The van der Waals surface area contributed by atoms with E-state index in [2.05, 4.69) is 33.4 Å². The van der Waals surface area contributed by atoms with Crippen LogP contribution in [0.3, 0.4) is 0 Å². The second-order valence-corrected chi connectivity index (χ2v) is 13.1. The molecule has 6 atom stereocenters. The highest BCUT2D eigenvalue weighted by molar-refractivity contribution is 7.66. The maximum Gasteiger partial charge on any atom is 0.490 e. The number of aliphatic hydroxyl groups excluding tert-OH is 1. The topological polar surface area (TPSA) is 343 Å². The Bertz CT molecular complexity index is 1450. The minimum atomic E-state index is -5.81. The molecule has 2 unspecified atom stereocenters. The van der Waals surface area contributed by atoms with Crippen molar-refractivity contribution in [1.82, 2.24) is 24.8 Å². The summed E-state index contributed by atoms with van der Waals surface area (Å²) in [6, 6.07) is 0. The molecule has 2 aromatic heterocycles. The molecule has 238 valence electrons. The molecule has 11 N–H and O–H groups in total. The normalized spacial score (nSPS) is 23.9. The van der Waals surface area contributed by atoms with Crippen molar-refractivity contribution in [2.24, 2.45) is 5.73 Å². The molecule has 25 heteroatoms. The number of hydrogen-bond acceptors (Lipinski definition) is 15. The lowest BCUT2D eigenvalue weighted by Crippen LogP contribution is -2.40. The largest absolute Gasteiger partial charge is 0.490 e. The van der Waals surface area contributed by atoms with Crippen molar-refractivity contribution in [2.45, 2.75) is 50.2 Å². The van der Waals surface area contributed by atoms with Crippen molar-refractivity contribution in [1.29, 1.82) is 0 Å². The molecule has 0 aliphatic carbocycles. The number of carbonyl (C=O) groups excluding carboxylic acids is 1. The summed E-state index contributed by atoms with van der Waals surface area (Å²) >= 11 is 0. The zero-order valence-corrected chi connectivity index (χ0v) is 24.2. The minimum Gasteiger partial charge on any atom is -0.439 e. The van der Waals surface area contributed by atoms with Crippen LogP contribution < -0.4 is 22.3 Å². The fourth-order valence-corrected chi connectivity index (χ4v) is 6.82. The molecule has 1 aliphatic rings. The Labute approximate surface area is 235 Å². The summed E-state index contributed by atoms with van der Waals surface area (Å²) in [5.41, 5.74) is 9.99. The van der Waals surface area contributed by atoms with Crippen LogP contribution in [0.25, 0.3) is 11.2 Å². The lowest BCUT2D eigenvalue weighted by Gasteiger charge is -2.22. The van der Waals surface area contributed by atoms with Gasteiger partial charge in [0.05, 0.1) is 12.9 Å². The van der Waals surface area contributed by atoms with Crippen LogP contribution in [0.4, 0.5) is 10.7 Å². The van der Waals surface area contributed by atoms with E-state index in [9.17, 15) is 38.2 Å². The summed E-state index contributed by atoms with van der Waals surface area (Å²) in [6.45, 7) is -0.309. The van der Waals surface area contributed by atoms with Gasteiger partial charge >= 0.3 is 29.6 Å². The van der Waals surface area contributed by atoms with E-state index in [4.69, 9.17) is 30.7 Å². The van der Waals surface area contributed by atoms with Gasteiger partial charge in [0, 0.05) is 6.54 Å². The van der Waals surface area contributed by atoms with Gasteiger partial charge in [0.1, 0.15) is 12.2 Å². The molecule has 0 spiro atoms. The van der Waals surface area contributed by atoms with Gasteiger partial charge in [-0.1, -0.05) is 12.8 Å². The third kappa shape index (κ3) is 9.61. The Morgan fingerprint density at radius 3 is 2.48 bits per heavy atom. The number of fused-ring (bicyclic) bond motifs is 1. The van der Waals surface area contributed by atoms with Gasteiger partial charge in [0.25, 0.3) is 5.56 Å². The van der Waals surface area contributed by atoms with Gasteiger partial charge < -0.3 is 50.9 Å². The van der Waals surface area contributed by atoms with Crippen LogP contribution >= 0.6 is 23.5 Å². The number of amides is 1. The van der Waals surface area contributed by atoms with Crippen LogP contribution in [0, 0.1) is 0 Å². The molecule has 3 rings (SSSR count). The molecule has 0 bridgehead atoms. The standard InChI is InChI=1S/C17H30N7O15P3/c18-5-3-1-2-4-6-20-17(27)37-12-11(25)9(7-35-41(31,32)39-42(33,34)38-40(28,29)30)36-15(12)24-8-21-10-13(24)22-16(19)23-14(10)26/h8-9,11-12,15,25H,1-7,18H2,(H,20,27)(H,31,32)(H,33,34)(H2,28,29,30)(H3,19,22,23,26)/t9-,11-,12-,15-/m1/s1. The van der Waals surface area contributed by atoms with E-state index in [1.807, 2.05) is 0 Å². The summed E-state index contributed by atoms with van der Waals surface area (Å²) in [4.78, 5) is 71.2. The molecule has 42 heavy (non-hydrogen) atoms. The number of nitrogens with zero attached hydrogens (tertiary/aromatic N) is 3. The van der Waals surface area contributed by atoms with Crippen molar-refractivity contribution in [3.8, 4) is 0 Å². The number of unbranched alkanes of at least 4 members (excludes halogenated alkanes) is 3. The van der Waals surface area contributed by atoms with Crippen LogP contribution in [0.1, 0.15) is 31.9 Å². The van der Waals surface area contributed by atoms with Gasteiger partial charge in [0.2, 0.25) is 5.95 Å². The lowest BCUT2D eigenvalue weighted by molar-refractivity contribution is -0.0522. The molecule has 1 saturated heterocycles.